The Morgan fingerprint density at radius 3 is 2.54 bits per heavy atom. The van der Waals surface area contributed by atoms with E-state index >= 15 is 0 Å². The largest absolute Gasteiger partial charge is 0.409 e. The summed E-state index contributed by atoms with van der Waals surface area (Å²) in [5.41, 5.74) is 1.24. The molecular weight excluding hydrogens is 514 g/mol. The number of rotatable bonds is 6. The van der Waals surface area contributed by atoms with Gasteiger partial charge in [0, 0.05) is 12.5 Å². The van der Waals surface area contributed by atoms with Crippen molar-refractivity contribution >= 4 is 21.6 Å². The van der Waals surface area contributed by atoms with E-state index in [0.717, 1.165) is 6.26 Å². The zero-order valence-electron chi connectivity index (χ0n) is 20.0. The third-order valence-corrected chi connectivity index (χ3v) is 7.14. The SMILES string of the molecule is CCC[C@H](NC(=O)N1c2cnn(-c3ccc(F)cc3)c2CCC1C(F)(F)F)c1ccnc(S(C)(=O)=O)c1. The smallest absolute Gasteiger partial charge is 0.331 e. The minimum atomic E-state index is -4.70. The Bertz CT molecular complexity index is 1390. The molecule has 1 N–H and O–H groups in total. The van der Waals surface area contributed by atoms with Gasteiger partial charge in [0.25, 0.3) is 0 Å². The lowest BCUT2D eigenvalue weighted by Crippen LogP contribution is -2.55. The molecule has 0 spiro atoms. The molecule has 0 aliphatic carbocycles. The standard InChI is InChI=1S/C24H25F4N5O3S/c1-3-4-18(15-11-12-29-22(13-15)37(2,35)36)31-23(34)32-20-14-30-33(17-7-5-16(25)6-8-17)19(20)9-10-21(32)24(26,27)28/h5-8,11-14,18,21H,3-4,9-10H2,1-2H3,(H,31,34)/t18-,21?/m0/s1. The number of halogens is 4. The van der Waals surface area contributed by atoms with Gasteiger partial charge < -0.3 is 5.32 Å². The highest BCUT2D eigenvalue weighted by atomic mass is 32.2. The molecule has 0 fully saturated rings. The van der Waals surface area contributed by atoms with Crippen molar-refractivity contribution in [2.75, 3.05) is 11.2 Å². The van der Waals surface area contributed by atoms with Crippen LogP contribution in [0.15, 0.2) is 53.8 Å². The Kier molecular flexibility index (Phi) is 7.27. The van der Waals surface area contributed by atoms with Gasteiger partial charge in [0.2, 0.25) is 0 Å². The van der Waals surface area contributed by atoms with E-state index in [1.54, 1.807) is 0 Å². The van der Waals surface area contributed by atoms with Crippen molar-refractivity contribution in [1.82, 2.24) is 20.1 Å². The zero-order chi connectivity index (χ0) is 27.0. The third kappa shape index (κ3) is 5.60. The van der Waals surface area contributed by atoms with Crippen molar-refractivity contribution in [2.45, 2.75) is 55.9 Å². The molecule has 0 saturated carbocycles. The number of fused-ring (bicyclic) bond motifs is 1. The first-order valence-electron chi connectivity index (χ1n) is 11.6. The first-order chi connectivity index (χ1) is 17.4. The minimum Gasteiger partial charge on any atom is -0.331 e. The second-order valence-corrected chi connectivity index (χ2v) is 10.8. The Labute approximate surface area is 211 Å². The number of pyridine rings is 1. The average molecular weight is 540 g/mol. The normalized spacial score (nSPS) is 16.8. The Morgan fingerprint density at radius 1 is 1.22 bits per heavy atom. The summed E-state index contributed by atoms with van der Waals surface area (Å²) < 4.78 is 80.8. The summed E-state index contributed by atoms with van der Waals surface area (Å²) >= 11 is 0. The van der Waals surface area contributed by atoms with Crippen LogP contribution < -0.4 is 10.2 Å². The quantitative estimate of drug-likeness (QED) is 0.457. The van der Waals surface area contributed by atoms with E-state index in [-0.39, 0.29) is 23.6 Å². The number of anilines is 1. The fraction of sp³-hybridized carbons (Fsp3) is 0.375. The van der Waals surface area contributed by atoms with E-state index in [4.69, 9.17) is 0 Å². The van der Waals surface area contributed by atoms with E-state index in [0.29, 0.717) is 34.7 Å². The van der Waals surface area contributed by atoms with Crippen molar-refractivity contribution in [3.05, 3.63) is 65.9 Å². The molecule has 0 radical (unpaired) electrons. The van der Waals surface area contributed by atoms with Crippen molar-refractivity contribution in [2.24, 2.45) is 0 Å². The van der Waals surface area contributed by atoms with E-state index in [1.807, 2.05) is 6.92 Å². The molecule has 8 nitrogen and oxygen atoms in total. The molecule has 1 aliphatic heterocycles. The predicted octanol–water partition coefficient (Wildman–Crippen LogP) is 4.74. The molecule has 3 aromatic rings. The molecule has 0 bridgehead atoms. The van der Waals surface area contributed by atoms with Crippen LogP contribution in [0.1, 0.15) is 43.5 Å². The summed E-state index contributed by atoms with van der Waals surface area (Å²) in [6.07, 6.45) is -0.696. The number of amides is 2. The summed E-state index contributed by atoms with van der Waals surface area (Å²) in [5.74, 6) is -0.472. The van der Waals surface area contributed by atoms with Gasteiger partial charge in [0.1, 0.15) is 11.9 Å². The van der Waals surface area contributed by atoms with E-state index in [1.165, 1.54) is 53.5 Å². The monoisotopic (exact) mass is 539 g/mol. The number of benzene rings is 1. The number of hydrogen-bond donors (Lipinski definition) is 1. The second-order valence-electron chi connectivity index (χ2n) is 8.82. The fourth-order valence-electron chi connectivity index (χ4n) is 4.41. The molecule has 1 aliphatic rings. The summed E-state index contributed by atoms with van der Waals surface area (Å²) in [6.45, 7) is 1.84. The maximum Gasteiger partial charge on any atom is 0.409 e. The van der Waals surface area contributed by atoms with Crippen LogP contribution in [0.25, 0.3) is 5.69 Å². The summed E-state index contributed by atoms with van der Waals surface area (Å²) in [7, 11) is -3.63. The van der Waals surface area contributed by atoms with Gasteiger partial charge in [-0.2, -0.15) is 18.3 Å². The lowest BCUT2D eigenvalue weighted by molar-refractivity contribution is -0.149. The highest BCUT2D eigenvalue weighted by Crippen LogP contribution is 2.39. The molecule has 2 amide bonds. The van der Waals surface area contributed by atoms with Crippen molar-refractivity contribution < 1.29 is 30.8 Å². The minimum absolute atomic E-state index is 0.00112. The van der Waals surface area contributed by atoms with Gasteiger partial charge in [-0.3, -0.25) is 4.90 Å². The maximum absolute atomic E-state index is 14.0. The summed E-state index contributed by atoms with van der Waals surface area (Å²) in [5, 5.41) is 6.65. The van der Waals surface area contributed by atoms with Crippen LogP contribution in [-0.4, -0.2) is 47.7 Å². The van der Waals surface area contributed by atoms with Gasteiger partial charge in [0.15, 0.2) is 14.9 Å². The van der Waals surface area contributed by atoms with Crippen LogP contribution in [0.4, 0.5) is 28.0 Å². The summed E-state index contributed by atoms with van der Waals surface area (Å²) in [6, 6.07) is 4.32. The molecule has 1 unspecified atom stereocenters. The van der Waals surface area contributed by atoms with Crippen LogP contribution in [-0.2, 0) is 16.3 Å². The fourth-order valence-corrected chi connectivity index (χ4v) is 5.01. The van der Waals surface area contributed by atoms with Gasteiger partial charge in [-0.15, -0.1) is 0 Å². The average Bonchev–Trinajstić information content (AvgIpc) is 3.27. The zero-order valence-corrected chi connectivity index (χ0v) is 20.9. The molecule has 1 aromatic carbocycles. The van der Waals surface area contributed by atoms with Gasteiger partial charge in [-0.05, 0) is 61.2 Å². The molecule has 37 heavy (non-hydrogen) atoms. The highest BCUT2D eigenvalue weighted by molar-refractivity contribution is 7.90. The van der Waals surface area contributed by atoms with Gasteiger partial charge in [0.05, 0.1) is 29.3 Å². The van der Waals surface area contributed by atoms with Crippen LogP contribution in [0.5, 0.6) is 0 Å². The van der Waals surface area contributed by atoms with E-state index in [9.17, 15) is 30.8 Å². The molecule has 13 heteroatoms. The number of alkyl halides is 3. The molecule has 4 rings (SSSR count). The lowest BCUT2D eigenvalue weighted by Gasteiger charge is -2.37. The number of urea groups is 1. The summed E-state index contributed by atoms with van der Waals surface area (Å²) in [4.78, 5) is 17.9. The number of carbonyl (C=O) groups is 1. The Hall–Kier alpha value is -3.48. The molecule has 198 valence electrons. The first kappa shape index (κ1) is 26.6. The van der Waals surface area contributed by atoms with Crippen molar-refractivity contribution in [3.8, 4) is 5.69 Å². The lowest BCUT2D eigenvalue weighted by atomic mass is 10.00. The van der Waals surface area contributed by atoms with Gasteiger partial charge in [-0.25, -0.2) is 27.3 Å². The third-order valence-electron chi connectivity index (χ3n) is 6.16. The van der Waals surface area contributed by atoms with Crippen LogP contribution in [0.2, 0.25) is 0 Å². The van der Waals surface area contributed by atoms with Crippen LogP contribution >= 0.6 is 0 Å². The van der Waals surface area contributed by atoms with Crippen molar-refractivity contribution in [1.29, 1.82) is 0 Å². The molecule has 2 aromatic heterocycles. The highest BCUT2D eigenvalue weighted by Gasteiger charge is 2.49. The molecule has 2 atom stereocenters. The number of aromatic nitrogens is 3. The van der Waals surface area contributed by atoms with Crippen LogP contribution in [0.3, 0.4) is 0 Å². The topological polar surface area (TPSA) is 97.2 Å². The number of nitrogens with zero attached hydrogens (tertiary/aromatic N) is 4. The second kappa shape index (κ2) is 10.1. The van der Waals surface area contributed by atoms with Gasteiger partial charge in [-0.1, -0.05) is 13.3 Å². The molecule has 0 saturated heterocycles. The number of carbonyl (C=O) groups excluding carboxylic acids is 1. The predicted molar refractivity (Wildman–Crippen MR) is 128 cm³/mol. The van der Waals surface area contributed by atoms with Gasteiger partial charge >= 0.3 is 12.2 Å². The maximum atomic E-state index is 14.0. The van der Waals surface area contributed by atoms with Crippen LogP contribution in [0, 0.1) is 5.82 Å². The van der Waals surface area contributed by atoms with Crippen molar-refractivity contribution in [3.63, 3.8) is 0 Å². The number of hydrogen-bond acceptors (Lipinski definition) is 5. The van der Waals surface area contributed by atoms with E-state index < -0.39 is 39.9 Å². The number of sulfone groups is 1. The Morgan fingerprint density at radius 2 is 1.92 bits per heavy atom. The number of nitrogens with one attached hydrogen (secondary N) is 1. The first-order valence-corrected chi connectivity index (χ1v) is 13.4. The van der Waals surface area contributed by atoms with E-state index in [2.05, 4.69) is 15.4 Å². The molecular formula is C24H25F4N5O3S. The Balaban J connectivity index is 1.71. The molecule has 3 heterocycles.